The minimum absolute atomic E-state index is 0.213. The highest BCUT2D eigenvalue weighted by molar-refractivity contribution is 5.80. The van der Waals surface area contributed by atoms with Crippen molar-refractivity contribution in [3.8, 4) is 0 Å². The zero-order valence-corrected chi connectivity index (χ0v) is 7.98. The van der Waals surface area contributed by atoms with Gasteiger partial charge in [0.2, 0.25) is 0 Å². The third-order valence-corrected chi connectivity index (χ3v) is 2.80. The molecule has 1 fully saturated rings. The summed E-state index contributed by atoms with van der Waals surface area (Å²) in [5, 5.41) is 12.2. The molecule has 1 unspecified atom stereocenters. The predicted molar refractivity (Wildman–Crippen MR) is 47.1 cm³/mol. The van der Waals surface area contributed by atoms with E-state index in [0.717, 1.165) is 19.4 Å². The number of aliphatic carboxylic acids is 1. The van der Waals surface area contributed by atoms with Crippen molar-refractivity contribution in [2.45, 2.75) is 39.2 Å². The van der Waals surface area contributed by atoms with Gasteiger partial charge in [-0.05, 0) is 24.8 Å². The Bertz CT molecular complexity index is 187. The van der Waals surface area contributed by atoms with Gasteiger partial charge in [-0.15, -0.1) is 0 Å². The van der Waals surface area contributed by atoms with Crippen LogP contribution in [0.5, 0.6) is 0 Å². The summed E-state index contributed by atoms with van der Waals surface area (Å²) in [5.74, 6) is -0.715. The van der Waals surface area contributed by atoms with Crippen LogP contribution in [0.1, 0.15) is 33.6 Å². The summed E-state index contributed by atoms with van der Waals surface area (Å²) in [5.41, 5.74) is -0.914. The zero-order chi connectivity index (χ0) is 9.41. The molecule has 1 aliphatic heterocycles. The van der Waals surface area contributed by atoms with E-state index in [-0.39, 0.29) is 5.41 Å². The van der Waals surface area contributed by atoms with Crippen LogP contribution in [0.2, 0.25) is 0 Å². The predicted octanol–water partition coefficient (Wildman–Crippen LogP) is 1.24. The van der Waals surface area contributed by atoms with Crippen molar-refractivity contribution in [3.63, 3.8) is 0 Å². The molecule has 0 aliphatic carbocycles. The lowest BCUT2D eigenvalue weighted by molar-refractivity contribution is -0.149. The molecule has 3 heteroatoms. The van der Waals surface area contributed by atoms with Gasteiger partial charge in [0, 0.05) is 0 Å². The molecule has 0 saturated carbocycles. The van der Waals surface area contributed by atoms with Crippen LogP contribution < -0.4 is 5.32 Å². The molecule has 0 spiro atoms. The van der Waals surface area contributed by atoms with Gasteiger partial charge in [0.15, 0.2) is 0 Å². The lowest BCUT2D eigenvalue weighted by atomic mass is 9.73. The van der Waals surface area contributed by atoms with Gasteiger partial charge < -0.3 is 10.4 Å². The van der Waals surface area contributed by atoms with Crippen molar-refractivity contribution in [3.05, 3.63) is 0 Å². The summed E-state index contributed by atoms with van der Waals surface area (Å²) in [6.45, 7) is 6.74. The van der Waals surface area contributed by atoms with Crippen LogP contribution in [0.15, 0.2) is 0 Å². The number of carboxylic acids is 1. The van der Waals surface area contributed by atoms with Gasteiger partial charge in [0.25, 0.3) is 0 Å². The Morgan fingerprint density at radius 2 is 2.08 bits per heavy atom. The molecule has 1 atom stereocenters. The summed E-state index contributed by atoms with van der Waals surface area (Å²) in [4.78, 5) is 11.1. The Morgan fingerprint density at radius 1 is 1.50 bits per heavy atom. The van der Waals surface area contributed by atoms with Gasteiger partial charge in [-0.2, -0.15) is 0 Å². The molecule has 1 saturated heterocycles. The van der Waals surface area contributed by atoms with Crippen LogP contribution >= 0.6 is 0 Å². The quantitative estimate of drug-likeness (QED) is 0.624. The third-order valence-electron chi connectivity index (χ3n) is 2.80. The van der Waals surface area contributed by atoms with E-state index < -0.39 is 11.5 Å². The maximum atomic E-state index is 11.1. The smallest absolute Gasteiger partial charge is 0.324 e. The van der Waals surface area contributed by atoms with E-state index in [2.05, 4.69) is 5.32 Å². The first-order valence-electron chi connectivity index (χ1n) is 4.38. The standard InChI is InChI=1S/C9H17NO2/c1-8(2,3)9(7(11)12)5-4-6-10-9/h10H,4-6H2,1-3H3,(H,11,12). The van der Waals surface area contributed by atoms with E-state index in [1.807, 2.05) is 20.8 Å². The van der Waals surface area contributed by atoms with Crippen LogP contribution in [0.3, 0.4) is 0 Å². The number of nitrogens with one attached hydrogen (secondary N) is 1. The van der Waals surface area contributed by atoms with E-state index in [9.17, 15) is 4.79 Å². The number of rotatable bonds is 1. The minimum Gasteiger partial charge on any atom is -0.480 e. The molecule has 3 nitrogen and oxygen atoms in total. The van der Waals surface area contributed by atoms with Crippen LogP contribution in [-0.2, 0) is 4.79 Å². The van der Waals surface area contributed by atoms with E-state index in [1.165, 1.54) is 0 Å². The first-order valence-corrected chi connectivity index (χ1v) is 4.38. The largest absolute Gasteiger partial charge is 0.480 e. The average Bonchev–Trinajstić information content (AvgIpc) is 2.31. The van der Waals surface area contributed by atoms with Crippen molar-refractivity contribution in [1.82, 2.24) is 5.32 Å². The lowest BCUT2D eigenvalue weighted by Gasteiger charge is -2.37. The van der Waals surface area contributed by atoms with Crippen molar-refractivity contribution < 1.29 is 9.90 Å². The van der Waals surface area contributed by atoms with Gasteiger partial charge in [0.1, 0.15) is 5.54 Å². The zero-order valence-electron chi connectivity index (χ0n) is 7.98. The number of carboxylic acid groups (broad SMARTS) is 1. The second-order valence-electron chi connectivity index (χ2n) is 4.49. The van der Waals surface area contributed by atoms with Crippen molar-refractivity contribution in [2.75, 3.05) is 6.54 Å². The van der Waals surface area contributed by atoms with Gasteiger partial charge >= 0.3 is 5.97 Å². The van der Waals surface area contributed by atoms with Gasteiger partial charge in [-0.1, -0.05) is 20.8 Å². The topological polar surface area (TPSA) is 49.3 Å². The monoisotopic (exact) mass is 171 g/mol. The number of carbonyl (C=O) groups is 1. The second-order valence-corrected chi connectivity index (χ2v) is 4.49. The highest BCUT2D eigenvalue weighted by Crippen LogP contribution is 2.37. The molecule has 0 radical (unpaired) electrons. The van der Waals surface area contributed by atoms with Gasteiger partial charge in [-0.3, -0.25) is 4.79 Å². The average molecular weight is 171 g/mol. The highest BCUT2D eigenvalue weighted by Gasteiger charge is 2.50. The molecule has 0 aromatic rings. The molecule has 12 heavy (non-hydrogen) atoms. The maximum Gasteiger partial charge on any atom is 0.324 e. The molecular weight excluding hydrogens is 154 g/mol. The first kappa shape index (κ1) is 9.52. The van der Waals surface area contributed by atoms with Crippen molar-refractivity contribution in [1.29, 1.82) is 0 Å². The van der Waals surface area contributed by atoms with Gasteiger partial charge in [-0.25, -0.2) is 0 Å². The molecule has 0 amide bonds. The summed E-state index contributed by atoms with van der Waals surface area (Å²) < 4.78 is 0. The highest BCUT2D eigenvalue weighted by atomic mass is 16.4. The summed E-state index contributed by atoms with van der Waals surface area (Å²) >= 11 is 0. The Morgan fingerprint density at radius 3 is 2.25 bits per heavy atom. The van der Waals surface area contributed by atoms with Crippen LogP contribution in [0.4, 0.5) is 0 Å². The second kappa shape index (κ2) is 2.73. The normalized spacial score (nSPS) is 30.6. The fourth-order valence-corrected chi connectivity index (χ4v) is 1.89. The fraction of sp³-hybridized carbons (Fsp3) is 0.889. The third kappa shape index (κ3) is 1.22. The Kier molecular flexibility index (Phi) is 2.17. The number of hydrogen-bond acceptors (Lipinski definition) is 2. The molecule has 0 aromatic carbocycles. The molecular formula is C9H17NO2. The van der Waals surface area contributed by atoms with Crippen LogP contribution in [0.25, 0.3) is 0 Å². The van der Waals surface area contributed by atoms with Crippen molar-refractivity contribution >= 4 is 5.97 Å². The minimum atomic E-state index is -0.715. The van der Waals surface area contributed by atoms with E-state index >= 15 is 0 Å². The molecule has 1 heterocycles. The molecule has 70 valence electrons. The van der Waals surface area contributed by atoms with E-state index in [4.69, 9.17) is 5.11 Å². The van der Waals surface area contributed by atoms with Crippen molar-refractivity contribution in [2.24, 2.45) is 5.41 Å². The Labute approximate surface area is 73.2 Å². The molecule has 0 bridgehead atoms. The Hall–Kier alpha value is -0.570. The lowest BCUT2D eigenvalue weighted by Crippen LogP contribution is -2.57. The summed E-state index contributed by atoms with van der Waals surface area (Å²) in [6.07, 6.45) is 1.70. The fourth-order valence-electron chi connectivity index (χ4n) is 1.89. The van der Waals surface area contributed by atoms with Gasteiger partial charge in [0.05, 0.1) is 0 Å². The molecule has 2 N–H and O–H groups in total. The Balaban J connectivity index is 2.94. The summed E-state index contributed by atoms with van der Waals surface area (Å²) in [6, 6.07) is 0. The maximum absolute atomic E-state index is 11.1. The van der Waals surface area contributed by atoms with E-state index in [1.54, 1.807) is 0 Å². The molecule has 1 aliphatic rings. The van der Waals surface area contributed by atoms with E-state index in [0.29, 0.717) is 0 Å². The first-order chi connectivity index (χ1) is 5.40. The van der Waals surface area contributed by atoms with Crippen LogP contribution in [0, 0.1) is 5.41 Å². The van der Waals surface area contributed by atoms with Crippen LogP contribution in [-0.4, -0.2) is 23.2 Å². The SMILES string of the molecule is CC(C)(C)C1(C(=O)O)CCCN1. The molecule has 1 rings (SSSR count). The summed E-state index contributed by atoms with van der Waals surface area (Å²) in [7, 11) is 0. The molecule has 0 aromatic heterocycles. The number of hydrogen-bond donors (Lipinski definition) is 2.